The summed E-state index contributed by atoms with van der Waals surface area (Å²) in [4.78, 5) is 26.4. The van der Waals surface area contributed by atoms with Gasteiger partial charge in [0, 0.05) is 19.1 Å². The molecule has 0 spiro atoms. The maximum atomic E-state index is 13.6. The summed E-state index contributed by atoms with van der Waals surface area (Å²) in [5, 5.41) is 0. The summed E-state index contributed by atoms with van der Waals surface area (Å²) in [6, 6.07) is 4.15. The van der Waals surface area contributed by atoms with E-state index in [4.69, 9.17) is 4.74 Å². The van der Waals surface area contributed by atoms with Gasteiger partial charge in [-0.3, -0.25) is 9.59 Å². The van der Waals surface area contributed by atoms with Crippen LogP contribution in [-0.4, -0.2) is 31.2 Å². The molecule has 1 aliphatic carbocycles. The fraction of sp³-hybridized carbons (Fsp3) is 0.615. The number of sulfone groups is 1. The molecule has 0 saturated carbocycles. The Balaban J connectivity index is 2.79. The number of benzene rings is 1. The van der Waals surface area contributed by atoms with Gasteiger partial charge in [0.2, 0.25) is 0 Å². The fourth-order valence-corrected chi connectivity index (χ4v) is 4.90. The number of ketones is 1. The number of rotatable bonds is 6. The third-order valence-electron chi connectivity index (χ3n) is 6.65. The minimum atomic E-state index is -3.43. The van der Waals surface area contributed by atoms with Crippen molar-refractivity contribution >= 4 is 27.2 Å². The number of allylic oxidation sites excluding steroid dienone is 2. The van der Waals surface area contributed by atoms with Crippen LogP contribution < -0.4 is 0 Å². The van der Waals surface area contributed by atoms with Crippen LogP contribution in [0.5, 0.6) is 0 Å². The molecule has 2 rings (SSSR count). The normalized spacial score (nSPS) is 18.2. The predicted octanol–water partition coefficient (Wildman–Crippen LogP) is 5.22. The first-order chi connectivity index (χ1) is 14.5. The number of aryl methyl sites for hydroxylation is 3. The highest BCUT2D eigenvalue weighted by atomic mass is 32.2. The molecule has 0 amide bonds. The van der Waals surface area contributed by atoms with Gasteiger partial charge in [0.25, 0.3) is 0 Å². The minimum Gasteiger partial charge on any atom is -0.430 e. The molecule has 1 aromatic carbocycles. The maximum Gasteiger partial charge on any atom is 0.316 e. The van der Waals surface area contributed by atoms with E-state index >= 15 is 0 Å². The Morgan fingerprint density at radius 3 is 1.94 bits per heavy atom. The molecule has 0 aromatic heterocycles. The summed E-state index contributed by atoms with van der Waals surface area (Å²) < 4.78 is 29.8. The van der Waals surface area contributed by atoms with Crippen LogP contribution in [-0.2, 0) is 37.0 Å². The van der Waals surface area contributed by atoms with Crippen molar-refractivity contribution in [2.45, 2.75) is 85.8 Å². The smallest absolute Gasteiger partial charge is 0.316 e. The molecule has 5 nitrogen and oxygen atoms in total. The zero-order chi connectivity index (χ0) is 24.6. The van der Waals surface area contributed by atoms with Gasteiger partial charge in [-0.15, -0.1) is 0 Å². The highest BCUT2D eigenvalue weighted by Gasteiger charge is 2.45. The third-order valence-corrected chi connectivity index (χ3v) is 8.89. The summed E-state index contributed by atoms with van der Waals surface area (Å²) >= 11 is 0. The molecule has 0 saturated heterocycles. The highest BCUT2D eigenvalue weighted by Crippen LogP contribution is 2.43. The van der Waals surface area contributed by atoms with Gasteiger partial charge in [-0.1, -0.05) is 31.5 Å². The van der Waals surface area contributed by atoms with E-state index in [1.54, 1.807) is 34.6 Å². The van der Waals surface area contributed by atoms with Gasteiger partial charge >= 0.3 is 5.97 Å². The topological polar surface area (TPSA) is 77.5 Å². The van der Waals surface area contributed by atoms with Crippen LogP contribution in [0.3, 0.4) is 0 Å². The quantitative estimate of drug-likeness (QED) is 0.542. The largest absolute Gasteiger partial charge is 0.430 e. The van der Waals surface area contributed by atoms with Gasteiger partial charge in [0.15, 0.2) is 15.6 Å². The summed E-state index contributed by atoms with van der Waals surface area (Å²) in [6.07, 6.45) is 3.00. The molecule has 1 aromatic rings. The van der Waals surface area contributed by atoms with Crippen LogP contribution in [0, 0.1) is 18.3 Å². The van der Waals surface area contributed by atoms with Crippen molar-refractivity contribution in [3.8, 4) is 0 Å². The number of Topliss-reactive ketones (excluding diaryl/α,β-unsaturated/α-hetero) is 1. The summed E-state index contributed by atoms with van der Waals surface area (Å²) in [6.45, 7) is 14.7. The lowest BCUT2D eigenvalue weighted by atomic mass is 9.76. The van der Waals surface area contributed by atoms with Crippen molar-refractivity contribution < 1.29 is 22.7 Å². The molecule has 6 heteroatoms. The second-order valence-electron chi connectivity index (χ2n) is 10.5. The molecular formula is C26H38O5S. The first kappa shape index (κ1) is 26.3. The number of hydrogen-bond donors (Lipinski definition) is 0. The van der Waals surface area contributed by atoms with Crippen molar-refractivity contribution in [3.63, 3.8) is 0 Å². The van der Waals surface area contributed by atoms with Gasteiger partial charge < -0.3 is 4.74 Å². The Morgan fingerprint density at radius 1 is 1.03 bits per heavy atom. The number of ether oxygens (including phenoxy) is 1. The van der Waals surface area contributed by atoms with Crippen LogP contribution in [0.1, 0.15) is 83.6 Å². The Hall–Kier alpha value is -1.95. The molecule has 0 heterocycles. The molecule has 32 heavy (non-hydrogen) atoms. The van der Waals surface area contributed by atoms with Gasteiger partial charge in [0.1, 0.15) is 5.76 Å². The third kappa shape index (κ3) is 5.16. The molecule has 0 radical (unpaired) electrons. The predicted molar refractivity (Wildman–Crippen MR) is 129 cm³/mol. The zero-order valence-electron chi connectivity index (χ0n) is 21.0. The molecule has 178 valence electrons. The van der Waals surface area contributed by atoms with E-state index in [9.17, 15) is 18.0 Å². The van der Waals surface area contributed by atoms with E-state index in [1.807, 2.05) is 20.8 Å². The van der Waals surface area contributed by atoms with Gasteiger partial charge in [-0.25, -0.2) is 8.42 Å². The van der Waals surface area contributed by atoms with E-state index in [-0.39, 0.29) is 18.6 Å². The molecule has 1 aliphatic rings. The van der Waals surface area contributed by atoms with E-state index in [0.29, 0.717) is 11.3 Å². The lowest BCUT2D eigenvalue weighted by Gasteiger charge is -2.37. The molecular weight excluding hydrogens is 424 g/mol. The van der Waals surface area contributed by atoms with E-state index in [1.165, 1.54) is 6.26 Å². The van der Waals surface area contributed by atoms with Crippen LogP contribution in [0.25, 0.3) is 5.57 Å². The summed E-state index contributed by atoms with van der Waals surface area (Å²) in [5.74, 6) is -0.768. The molecule has 1 atom stereocenters. The van der Waals surface area contributed by atoms with Gasteiger partial charge in [-0.05, 0) is 77.0 Å². The first-order valence-electron chi connectivity index (χ1n) is 11.4. The van der Waals surface area contributed by atoms with E-state index in [0.717, 1.165) is 35.1 Å². The number of carbonyl (C=O) groups excluding carboxylic acids is 2. The molecule has 1 unspecified atom stereocenters. The lowest BCUT2D eigenvalue weighted by molar-refractivity contribution is -0.149. The molecule has 0 N–H and O–H groups in total. The van der Waals surface area contributed by atoms with Crippen molar-refractivity contribution in [1.29, 1.82) is 0 Å². The SMILES string of the molecule is CCc1cc(C)cc(CC)c1C1=C(OC(=O)C(C)(C)C)CC(C(C)(C)S(C)(=O)=O)CC1=O. The Kier molecular flexibility index (Phi) is 7.50. The van der Waals surface area contributed by atoms with Crippen molar-refractivity contribution in [2.24, 2.45) is 11.3 Å². The van der Waals surface area contributed by atoms with Crippen molar-refractivity contribution in [2.75, 3.05) is 6.26 Å². The molecule has 0 bridgehead atoms. The zero-order valence-corrected chi connectivity index (χ0v) is 21.8. The highest BCUT2D eigenvalue weighted by molar-refractivity contribution is 7.92. The molecule has 0 fully saturated rings. The molecule has 0 aliphatic heterocycles. The number of esters is 1. The Labute approximate surface area is 193 Å². The Bertz CT molecular complexity index is 1030. The van der Waals surface area contributed by atoms with Crippen LogP contribution in [0.15, 0.2) is 17.9 Å². The van der Waals surface area contributed by atoms with E-state index in [2.05, 4.69) is 12.1 Å². The Morgan fingerprint density at radius 2 is 1.53 bits per heavy atom. The fourth-order valence-electron chi connectivity index (χ4n) is 4.13. The van der Waals surface area contributed by atoms with Crippen LogP contribution in [0.4, 0.5) is 0 Å². The van der Waals surface area contributed by atoms with Crippen LogP contribution in [0.2, 0.25) is 0 Å². The average Bonchev–Trinajstić information content (AvgIpc) is 2.65. The van der Waals surface area contributed by atoms with Crippen molar-refractivity contribution in [3.05, 3.63) is 40.1 Å². The number of carbonyl (C=O) groups is 2. The van der Waals surface area contributed by atoms with Gasteiger partial charge in [0.05, 0.1) is 15.7 Å². The average molecular weight is 463 g/mol. The second-order valence-corrected chi connectivity index (χ2v) is 13.1. The number of hydrogen-bond acceptors (Lipinski definition) is 5. The monoisotopic (exact) mass is 462 g/mol. The van der Waals surface area contributed by atoms with E-state index < -0.39 is 31.9 Å². The van der Waals surface area contributed by atoms with Crippen LogP contribution >= 0.6 is 0 Å². The van der Waals surface area contributed by atoms with Crippen molar-refractivity contribution in [1.82, 2.24) is 0 Å². The first-order valence-corrected chi connectivity index (χ1v) is 13.2. The summed E-state index contributed by atoms with van der Waals surface area (Å²) in [5.41, 5.74) is 3.73. The lowest BCUT2D eigenvalue weighted by Crippen LogP contribution is -2.43. The standard InChI is InChI=1S/C26H38O5S/c1-10-17-12-16(3)13-18(11-2)22(17)23-20(27)14-19(26(7,8)32(9,29)30)15-21(23)31-24(28)25(4,5)6/h12-13,19H,10-11,14-15H2,1-9H3. The minimum absolute atomic E-state index is 0.103. The summed E-state index contributed by atoms with van der Waals surface area (Å²) in [7, 11) is -3.43. The maximum absolute atomic E-state index is 13.6. The van der Waals surface area contributed by atoms with Gasteiger partial charge in [-0.2, -0.15) is 0 Å². The second kappa shape index (κ2) is 9.12.